The van der Waals surface area contributed by atoms with Crippen LogP contribution in [0.4, 0.5) is 0 Å². The summed E-state index contributed by atoms with van der Waals surface area (Å²) >= 11 is 0. The van der Waals surface area contributed by atoms with Gasteiger partial charge in [-0.25, -0.2) is 0 Å². The molecule has 2 unspecified atom stereocenters. The van der Waals surface area contributed by atoms with Crippen molar-refractivity contribution in [3.05, 3.63) is 23.7 Å². The first-order chi connectivity index (χ1) is 10.4. The summed E-state index contributed by atoms with van der Waals surface area (Å²) in [5, 5.41) is 3.79. The van der Waals surface area contributed by atoms with Crippen molar-refractivity contribution in [1.82, 2.24) is 10.2 Å². The highest BCUT2D eigenvalue weighted by atomic mass is 16.3. The van der Waals surface area contributed by atoms with Crippen LogP contribution >= 0.6 is 0 Å². The van der Waals surface area contributed by atoms with E-state index in [0.717, 1.165) is 38.1 Å². The average molecular weight is 304 g/mol. The Balaban J connectivity index is 1.66. The molecule has 1 aromatic heterocycles. The molecular weight excluding hydrogens is 276 g/mol. The summed E-state index contributed by atoms with van der Waals surface area (Å²) in [4.78, 5) is 14.1. The van der Waals surface area contributed by atoms with Crippen LogP contribution in [0.15, 0.2) is 16.7 Å². The van der Waals surface area contributed by atoms with Gasteiger partial charge in [-0.15, -0.1) is 0 Å². The van der Waals surface area contributed by atoms with Crippen molar-refractivity contribution in [2.45, 2.75) is 59.0 Å². The monoisotopic (exact) mass is 304 g/mol. The Morgan fingerprint density at radius 1 is 1.45 bits per heavy atom. The highest BCUT2D eigenvalue weighted by Gasteiger charge is 2.36. The number of fused-ring (bicyclic) bond motifs is 1. The smallest absolute Gasteiger partial charge is 0.225 e. The molecule has 0 spiro atoms. The molecule has 4 heteroatoms. The normalized spacial score (nSPS) is 27.2. The molecule has 0 bridgehead atoms. The Kier molecular flexibility index (Phi) is 4.06. The number of rotatable bonds is 3. The van der Waals surface area contributed by atoms with E-state index in [2.05, 4.69) is 25.2 Å². The number of furan rings is 1. The van der Waals surface area contributed by atoms with E-state index < -0.39 is 0 Å². The zero-order valence-electron chi connectivity index (χ0n) is 14.2. The van der Waals surface area contributed by atoms with Crippen molar-refractivity contribution >= 4 is 5.91 Å². The maximum Gasteiger partial charge on any atom is 0.225 e. The second-order valence-corrected chi connectivity index (χ2v) is 7.99. The van der Waals surface area contributed by atoms with Gasteiger partial charge in [0.05, 0.1) is 6.26 Å². The first-order valence-electron chi connectivity index (χ1n) is 8.47. The summed E-state index contributed by atoms with van der Waals surface area (Å²) in [6, 6.07) is 2.84. The van der Waals surface area contributed by atoms with Crippen LogP contribution in [0.1, 0.15) is 57.9 Å². The van der Waals surface area contributed by atoms with Gasteiger partial charge < -0.3 is 14.6 Å². The van der Waals surface area contributed by atoms with Gasteiger partial charge in [-0.3, -0.25) is 4.79 Å². The molecule has 0 saturated carbocycles. The summed E-state index contributed by atoms with van der Waals surface area (Å²) in [6.07, 6.45) is 4.98. The lowest BCUT2D eigenvalue weighted by Gasteiger charge is -2.36. The molecule has 1 amide bonds. The van der Waals surface area contributed by atoms with Crippen LogP contribution in [-0.4, -0.2) is 29.9 Å². The van der Waals surface area contributed by atoms with Gasteiger partial charge in [-0.05, 0) is 24.3 Å². The lowest BCUT2D eigenvalue weighted by Crippen LogP contribution is -2.41. The van der Waals surface area contributed by atoms with Crippen molar-refractivity contribution in [3.63, 3.8) is 0 Å². The van der Waals surface area contributed by atoms with Crippen LogP contribution in [0.5, 0.6) is 0 Å². The Labute approximate surface area is 133 Å². The molecule has 1 saturated heterocycles. The van der Waals surface area contributed by atoms with E-state index in [-0.39, 0.29) is 17.2 Å². The minimum Gasteiger partial charge on any atom is -0.469 e. The highest BCUT2D eigenvalue weighted by molar-refractivity contribution is 5.78. The third-order valence-corrected chi connectivity index (χ3v) is 4.98. The topological polar surface area (TPSA) is 45.5 Å². The predicted molar refractivity (Wildman–Crippen MR) is 86.5 cm³/mol. The van der Waals surface area contributed by atoms with Crippen LogP contribution in [-0.2, 0) is 11.2 Å². The third-order valence-electron chi connectivity index (χ3n) is 4.98. The third kappa shape index (κ3) is 3.07. The van der Waals surface area contributed by atoms with Crippen LogP contribution < -0.4 is 5.32 Å². The van der Waals surface area contributed by atoms with Crippen molar-refractivity contribution in [1.29, 1.82) is 0 Å². The van der Waals surface area contributed by atoms with E-state index in [1.165, 1.54) is 5.56 Å². The minimum absolute atomic E-state index is 0.0906. The molecule has 3 rings (SSSR count). The number of hydrogen-bond acceptors (Lipinski definition) is 3. The molecule has 1 aromatic rings. The molecule has 2 heterocycles. The van der Waals surface area contributed by atoms with Crippen LogP contribution in [0.3, 0.4) is 0 Å². The van der Waals surface area contributed by atoms with Crippen LogP contribution in [0, 0.1) is 11.3 Å². The Bertz CT molecular complexity index is 547. The minimum atomic E-state index is 0.0906. The summed E-state index contributed by atoms with van der Waals surface area (Å²) < 4.78 is 5.67. The zero-order chi connectivity index (χ0) is 15.9. The summed E-state index contributed by atoms with van der Waals surface area (Å²) in [5.41, 5.74) is 1.57. The first-order valence-corrected chi connectivity index (χ1v) is 8.47. The molecule has 2 atom stereocenters. The van der Waals surface area contributed by atoms with E-state index in [4.69, 9.17) is 4.42 Å². The highest BCUT2D eigenvalue weighted by Crippen LogP contribution is 2.41. The summed E-state index contributed by atoms with van der Waals surface area (Å²) in [6.45, 7) is 10.3. The molecule has 0 aromatic carbocycles. The van der Waals surface area contributed by atoms with Crippen molar-refractivity contribution in [2.24, 2.45) is 11.3 Å². The molecular formula is C18H28N2O2. The van der Waals surface area contributed by atoms with Crippen molar-refractivity contribution < 1.29 is 9.21 Å². The lowest BCUT2D eigenvalue weighted by atomic mass is 9.74. The van der Waals surface area contributed by atoms with Crippen molar-refractivity contribution in [2.75, 3.05) is 13.1 Å². The fourth-order valence-corrected chi connectivity index (χ4v) is 3.87. The Hall–Kier alpha value is -1.29. The number of nitrogens with zero attached hydrogens (tertiary/aromatic N) is 1. The maximum absolute atomic E-state index is 12.1. The van der Waals surface area contributed by atoms with Gasteiger partial charge in [0, 0.05) is 43.1 Å². The SMILES string of the molecule is CC(C)C(=O)N1CCC(NC2CC(C)(C)Cc3occc32)C1. The number of hydrogen-bond donors (Lipinski definition) is 1. The van der Waals surface area contributed by atoms with E-state index in [1.807, 2.05) is 25.0 Å². The second kappa shape index (κ2) is 5.73. The molecule has 1 aliphatic heterocycles. The molecule has 1 N–H and O–H groups in total. The van der Waals surface area contributed by atoms with Crippen LogP contribution in [0.25, 0.3) is 0 Å². The van der Waals surface area contributed by atoms with Gasteiger partial charge >= 0.3 is 0 Å². The number of carbonyl (C=O) groups is 1. The Morgan fingerprint density at radius 2 is 2.23 bits per heavy atom. The number of amides is 1. The zero-order valence-corrected chi connectivity index (χ0v) is 14.2. The number of likely N-dealkylation sites (tertiary alicyclic amines) is 1. The van der Waals surface area contributed by atoms with Gasteiger partial charge in [-0.2, -0.15) is 0 Å². The quantitative estimate of drug-likeness (QED) is 0.933. The fourth-order valence-electron chi connectivity index (χ4n) is 3.87. The van der Waals surface area contributed by atoms with Crippen LogP contribution in [0.2, 0.25) is 0 Å². The van der Waals surface area contributed by atoms with E-state index in [0.29, 0.717) is 12.1 Å². The fraction of sp³-hybridized carbons (Fsp3) is 0.722. The standard InChI is InChI=1S/C18H28N2O2/c1-12(2)17(21)20-7-5-13(11-20)19-15-9-18(3,4)10-16-14(15)6-8-22-16/h6,8,12-13,15,19H,5,7,9-11H2,1-4H3. The van der Waals surface area contributed by atoms with E-state index >= 15 is 0 Å². The number of carbonyl (C=O) groups excluding carboxylic acids is 1. The lowest BCUT2D eigenvalue weighted by molar-refractivity contribution is -0.133. The van der Waals surface area contributed by atoms with Gasteiger partial charge in [0.15, 0.2) is 0 Å². The van der Waals surface area contributed by atoms with Gasteiger partial charge in [-0.1, -0.05) is 27.7 Å². The molecule has 0 radical (unpaired) electrons. The van der Waals surface area contributed by atoms with E-state index in [9.17, 15) is 4.79 Å². The number of nitrogens with one attached hydrogen (secondary N) is 1. The molecule has 4 nitrogen and oxygen atoms in total. The molecule has 122 valence electrons. The average Bonchev–Trinajstić information content (AvgIpc) is 3.05. The summed E-state index contributed by atoms with van der Waals surface area (Å²) in [7, 11) is 0. The summed E-state index contributed by atoms with van der Waals surface area (Å²) in [5.74, 6) is 1.49. The van der Waals surface area contributed by atoms with Gasteiger partial charge in [0.25, 0.3) is 0 Å². The first kappa shape index (κ1) is 15.6. The van der Waals surface area contributed by atoms with Gasteiger partial charge in [0.1, 0.15) is 5.76 Å². The van der Waals surface area contributed by atoms with Gasteiger partial charge in [0.2, 0.25) is 5.91 Å². The molecule has 22 heavy (non-hydrogen) atoms. The second-order valence-electron chi connectivity index (χ2n) is 7.99. The van der Waals surface area contributed by atoms with E-state index in [1.54, 1.807) is 0 Å². The Morgan fingerprint density at radius 3 is 2.95 bits per heavy atom. The van der Waals surface area contributed by atoms with Crippen molar-refractivity contribution in [3.8, 4) is 0 Å². The molecule has 2 aliphatic rings. The maximum atomic E-state index is 12.1. The molecule has 1 fully saturated rings. The largest absolute Gasteiger partial charge is 0.469 e. The predicted octanol–water partition coefficient (Wildman–Crippen LogP) is 3.14. The molecule has 1 aliphatic carbocycles.